The molecule has 0 radical (unpaired) electrons. The Labute approximate surface area is 144 Å². The Balaban J connectivity index is 2.04. The van der Waals surface area contributed by atoms with Gasteiger partial charge in [-0.25, -0.2) is 9.38 Å². The summed E-state index contributed by atoms with van der Waals surface area (Å²) in [6.45, 7) is 7.67. The van der Waals surface area contributed by atoms with Gasteiger partial charge >= 0.3 is 0 Å². The van der Waals surface area contributed by atoms with Crippen LogP contribution in [0.15, 0.2) is 27.7 Å². The van der Waals surface area contributed by atoms with E-state index in [2.05, 4.69) is 31.1 Å². The molecular weight excluding hydrogens is 363 g/mol. The van der Waals surface area contributed by atoms with E-state index < -0.39 is 0 Å². The maximum absolute atomic E-state index is 13.4. The van der Waals surface area contributed by atoms with Crippen LogP contribution in [0.5, 0.6) is 0 Å². The molecule has 1 N–H and O–H groups in total. The quantitative estimate of drug-likeness (QED) is 0.641. The molecule has 23 heavy (non-hydrogen) atoms. The third kappa shape index (κ3) is 5.20. The van der Waals surface area contributed by atoms with E-state index in [0.29, 0.717) is 24.1 Å². The van der Waals surface area contributed by atoms with Crippen molar-refractivity contribution < 1.29 is 9.18 Å². The molecule has 0 saturated carbocycles. The lowest BCUT2D eigenvalue weighted by Crippen LogP contribution is -2.53. The molecule has 0 unspecified atom stereocenters. The fourth-order valence-corrected chi connectivity index (χ4v) is 3.04. The molecule has 0 atom stereocenters. The largest absolute Gasteiger partial charge is 0.357 e. The van der Waals surface area contributed by atoms with Crippen molar-refractivity contribution in [2.45, 2.75) is 20.4 Å². The Bertz CT molecular complexity index is 565. The van der Waals surface area contributed by atoms with Crippen molar-refractivity contribution in [3.63, 3.8) is 0 Å². The summed E-state index contributed by atoms with van der Waals surface area (Å²) in [6.07, 6.45) is 0. The summed E-state index contributed by atoms with van der Waals surface area (Å²) < 4.78 is 14.1. The van der Waals surface area contributed by atoms with Crippen molar-refractivity contribution in [3.8, 4) is 0 Å². The van der Waals surface area contributed by atoms with E-state index in [1.807, 2.05) is 17.9 Å². The molecule has 0 aromatic heterocycles. The smallest absolute Gasteiger partial charge is 0.219 e. The van der Waals surface area contributed by atoms with Gasteiger partial charge in [0.2, 0.25) is 5.91 Å². The van der Waals surface area contributed by atoms with Crippen LogP contribution in [0.25, 0.3) is 0 Å². The molecule has 1 aliphatic rings. The number of rotatable bonds is 3. The summed E-state index contributed by atoms with van der Waals surface area (Å²) in [6, 6.07) is 4.79. The Morgan fingerprint density at radius 3 is 2.48 bits per heavy atom. The fraction of sp³-hybridized carbons (Fsp3) is 0.500. The van der Waals surface area contributed by atoms with Gasteiger partial charge in [0.15, 0.2) is 5.96 Å². The topological polar surface area (TPSA) is 47.9 Å². The van der Waals surface area contributed by atoms with Crippen LogP contribution in [-0.2, 0) is 11.3 Å². The number of hydrogen-bond donors (Lipinski definition) is 1. The van der Waals surface area contributed by atoms with E-state index in [0.717, 1.165) is 31.2 Å². The molecular formula is C16H22BrFN4O. The molecule has 1 heterocycles. The molecule has 1 saturated heterocycles. The average molecular weight is 385 g/mol. The van der Waals surface area contributed by atoms with Crippen LogP contribution in [0.1, 0.15) is 19.4 Å². The van der Waals surface area contributed by atoms with Crippen molar-refractivity contribution in [1.29, 1.82) is 0 Å². The number of guanidine groups is 1. The minimum Gasteiger partial charge on any atom is -0.357 e. The van der Waals surface area contributed by atoms with Gasteiger partial charge in [-0.15, -0.1) is 0 Å². The minimum absolute atomic E-state index is 0.108. The van der Waals surface area contributed by atoms with Gasteiger partial charge in [-0.05, 0) is 30.7 Å². The third-order valence-electron chi connectivity index (χ3n) is 3.69. The molecule has 0 bridgehead atoms. The zero-order chi connectivity index (χ0) is 16.8. The summed E-state index contributed by atoms with van der Waals surface area (Å²) in [5.74, 6) is 0.636. The SMILES string of the molecule is CCNC(=NCc1cc(F)cc(Br)c1)N1CCN(C(C)=O)CC1. The van der Waals surface area contributed by atoms with Crippen LogP contribution < -0.4 is 5.32 Å². The normalized spacial score (nSPS) is 15.7. The Kier molecular flexibility index (Phi) is 6.38. The number of carbonyl (C=O) groups excluding carboxylic acids is 1. The molecule has 2 rings (SSSR count). The number of amides is 1. The van der Waals surface area contributed by atoms with Crippen LogP contribution in [0, 0.1) is 5.82 Å². The number of nitrogens with one attached hydrogen (secondary N) is 1. The average Bonchev–Trinajstić information content (AvgIpc) is 2.50. The molecule has 1 aliphatic heterocycles. The van der Waals surface area contributed by atoms with E-state index in [1.54, 1.807) is 6.92 Å². The first kappa shape index (κ1) is 17.7. The lowest BCUT2D eigenvalue weighted by molar-refractivity contribution is -0.130. The summed E-state index contributed by atoms with van der Waals surface area (Å²) in [4.78, 5) is 20.0. The van der Waals surface area contributed by atoms with Crippen molar-refractivity contribution >= 4 is 27.8 Å². The van der Waals surface area contributed by atoms with Gasteiger partial charge in [0, 0.05) is 44.1 Å². The maximum Gasteiger partial charge on any atom is 0.219 e. The van der Waals surface area contributed by atoms with Gasteiger partial charge in [0.05, 0.1) is 6.54 Å². The lowest BCUT2D eigenvalue weighted by atomic mass is 10.2. The lowest BCUT2D eigenvalue weighted by Gasteiger charge is -2.36. The van der Waals surface area contributed by atoms with E-state index in [4.69, 9.17) is 0 Å². The van der Waals surface area contributed by atoms with Gasteiger partial charge in [0.1, 0.15) is 5.82 Å². The van der Waals surface area contributed by atoms with Crippen LogP contribution in [0.2, 0.25) is 0 Å². The highest BCUT2D eigenvalue weighted by Crippen LogP contribution is 2.15. The molecule has 1 aromatic carbocycles. The monoisotopic (exact) mass is 384 g/mol. The van der Waals surface area contributed by atoms with Crippen LogP contribution in [-0.4, -0.2) is 54.4 Å². The number of halogens is 2. The van der Waals surface area contributed by atoms with Gasteiger partial charge < -0.3 is 15.1 Å². The van der Waals surface area contributed by atoms with Gasteiger partial charge in [-0.2, -0.15) is 0 Å². The highest BCUT2D eigenvalue weighted by molar-refractivity contribution is 9.10. The van der Waals surface area contributed by atoms with Crippen molar-refractivity contribution in [1.82, 2.24) is 15.1 Å². The van der Waals surface area contributed by atoms with Gasteiger partial charge in [0.25, 0.3) is 0 Å². The molecule has 1 amide bonds. The minimum atomic E-state index is -0.273. The highest BCUT2D eigenvalue weighted by Gasteiger charge is 2.20. The molecule has 0 spiro atoms. The summed E-state index contributed by atoms with van der Waals surface area (Å²) in [5, 5.41) is 3.26. The van der Waals surface area contributed by atoms with Gasteiger partial charge in [-0.3, -0.25) is 4.79 Å². The van der Waals surface area contributed by atoms with Crippen molar-refractivity contribution in [2.24, 2.45) is 4.99 Å². The second kappa shape index (κ2) is 8.29. The molecule has 0 aliphatic carbocycles. The summed E-state index contributed by atoms with van der Waals surface area (Å²) >= 11 is 3.30. The second-order valence-corrected chi connectivity index (χ2v) is 6.36. The number of carbonyl (C=O) groups is 1. The van der Waals surface area contributed by atoms with E-state index in [1.165, 1.54) is 12.1 Å². The first-order chi connectivity index (χ1) is 11.0. The first-order valence-electron chi connectivity index (χ1n) is 7.73. The predicted octanol–water partition coefficient (Wildman–Crippen LogP) is 2.22. The predicted molar refractivity (Wildman–Crippen MR) is 92.7 cm³/mol. The van der Waals surface area contributed by atoms with Gasteiger partial charge in [-0.1, -0.05) is 15.9 Å². The zero-order valence-corrected chi connectivity index (χ0v) is 15.1. The molecule has 5 nitrogen and oxygen atoms in total. The van der Waals surface area contributed by atoms with Crippen molar-refractivity contribution in [2.75, 3.05) is 32.7 Å². The summed E-state index contributed by atoms with van der Waals surface area (Å²) in [5.41, 5.74) is 0.814. The highest BCUT2D eigenvalue weighted by atomic mass is 79.9. The third-order valence-corrected chi connectivity index (χ3v) is 4.15. The number of benzene rings is 1. The number of hydrogen-bond acceptors (Lipinski definition) is 2. The Morgan fingerprint density at radius 2 is 1.91 bits per heavy atom. The molecule has 7 heteroatoms. The van der Waals surface area contributed by atoms with E-state index >= 15 is 0 Å². The van der Waals surface area contributed by atoms with E-state index in [-0.39, 0.29) is 11.7 Å². The molecule has 1 aromatic rings. The van der Waals surface area contributed by atoms with Crippen LogP contribution in [0.3, 0.4) is 0 Å². The number of aliphatic imine (C=N–C) groups is 1. The summed E-state index contributed by atoms with van der Waals surface area (Å²) in [7, 11) is 0. The Morgan fingerprint density at radius 1 is 1.26 bits per heavy atom. The number of nitrogens with zero attached hydrogens (tertiary/aromatic N) is 3. The zero-order valence-electron chi connectivity index (χ0n) is 13.5. The number of piperazine rings is 1. The molecule has 1 fully saturated rings. The maximum atomic E-state index is 13.4. The molecule has 126 valence electrons. The van der Waals surface area contributed by atoms with E-state index in [9.17, 15) is 9.18 Å². The first-order valence-corrected chi connectivity index (χ1v) is 8.52. The Hall–Kier alpha value is -1.63. The van der Waals surface area contributed by atoms with Crippen LogP contribution in [0.4, 0.5) is 4.39 Å². The second-order valence-electron chi connectivity index (χ2n) is 5.44. The van der Waals surface area contributed by atoms with Crippen molar-refractivity contribution in [3.05, 3.63) is 34.1 Å². The standard InChI is InChI=1S/C16H22BrFN4O/c1-3-19-16(22-6-4-21(5-7-22)12(2)23)20-11-13-8-14(17)10-15(18)9-13/h8-10H,3-7,11H2,1-2H3,(H,19,20). The fourth-order valence-electron chi connectivity index (χ4n) is 2.53. The van der Waals surface area contributed by atoms with Crippen LogP contribution >= 0.6 is 15.9 Å².